The number of hydrogen-bond acceptors (Lipinski definition) is 4. The molecule has 5 nitrogen and oxygen atoms in total. The van der Waals surface area contributed by atoms with Gasteiger partial charge in [0, 0.05) is 40.6 Å². The molecule has 1 amide bonds. The van der Waals surface area contributed by atoms with E-state index in [0.29, 0.717) is 18.6 Å². The highest BCUT2D eigenvalue weighted by atomic mass is 127. The van der Waals surface area contributed by atoms with Gasteiger partial charge >= 0.3 is 0 Å². The van der Waals surface area contributed by atoms with Gasteiger partial charge in [-0.3, -0.25) is 4.79 Å². The average Bonchev–Trinajstić information content (AvgIpc) is 2.65. The summed E-state index contributed by atoms with van der Waals surface area (Å²) in [7, 11) is 0. The van der Waals surface area contributed by atoms with Gasteiger partial charge in [-0.2, -0.15) is 0 Å². The first-order chi connectivity index (χ1) is 14.2. The van der Waals surface area contributed by atoms with E-state index in [0.717, 1.165) is 20.9 Å². The first-order valence-electron chi connectivity index (χ1n) is 9.74. The van der Waals surface area contributed by atoms with E-state index in [2.05, 4.69) is 39.3 Å². The van der Waals surface area contributed by atoms with Crippen LogP contribution in [0.2, 0.25) is 0 Å². The molecule has 0 spiro atoms. The molecule has 1 aliphatic heterocycles. The SMILES string of the molecule is CC(=O)NC(Cc1cc(F)cc(F)c1)[C@H](O)CNC1(C)CCOc2ccc(I)cc21. The van der Waals surface area contributed by atoms with E-state index < -0.39 is 29.3 Å². The summed E-state index contributed by atoms with van der Waals surface area (Å²) in [5.74, 6) is -0.909. The third-order valence-electron chi connectivity index (χ3n) is 5.33. The Labute approximate surface area is 188 Å². The van der Waals surface area contributed by atoms with Crippen molar-refractivity contribution in [3.05, 3.63) is 62.7 Å². The summed E-state index contributed by atoms with van der Waals surface area (Å²) in [6, 6.07) is 8.46. The van der Waals surface area contributed by atoms with Gasteiger partial charge in [0.05, 0.1) is 18.8 Å². The number of carbonyl (C=O) groups excluding carboxylic acids is 1. The van der Waals surface area contributed by atoms with Gasteiger partial charge < -0.3 is 20.5 Å². The fourth-order valence-electron chi connectivity index (χ4n) is 3.74. The summed E-state index contributed by atoms with van der Waals surface area (Å²) < 4.78 is 33.9. The van der Waals surface area contributed by atoms with Crippen LogP contribution < -0.4 is 15.4 Å². The van der Waals surface area contributed by atoms with Crippen LogP contribution in [0.4, 0.5) is 8.78 Å². The van der Waals surface area contributed by atoms with E-state index in [1.807, 2.05) is 19.1 Å². The third-order valence-corrected chi connectivity index (χ3v) is 6.00. The van der Waals surface area contributed by atoms with Crippen LogP contribution in [0.15, 0.2) is 36.4 Å². The molecule has 2 aromatic carbocycles. The molecule has 3 N–H and O–H groups in total. The third kappa shape index (κ3) is 5.67. The monoisotopic (exact) mass is 530 g/mol. The Bertz CT molecular complexity index is 907. The number of ether oxygens (including phenoxy) is 1. The van der Waals surface area contributed by atoms with Crippen molar-refractivity contribution in [2.45, 2.75) is 44.4 Å². The summed E-state index contributed by atoms with van der Waals surface area (Å²) >= 11 is 2.24. The van der Waals surface area contributed by atoms with Gasteiger partial charge in [-0.15, -0.1) is 0 Å². The molecule has 3 atom stereocenters. The predicted octanol–water partition coefficient (Wildman–Crippen LogP) is 3.27. The highest BCUT2D eigenvalue weighted by Crippen LogP contribution is 2.37. The summed E-state index contributed by atoms with van der Waals surface area (Å²) in [6.45, 7) is 4.12. The summed E-state index contributed by atoms with van der Waals surface area (Å²) in [4.78, 5) is 11.6. The molecule has 8 heteroatoms. The Morgan fingerprint density at radius 1 is 1.27 bits per heavy atom. The van der Waals surface area contributed by atoms with Gasteiger partial charge in [0.25, 0.3) is 0 Å². The zero-order chi connectivity index (χ0) is 21.9. The van der Waals surface area contributed by atoms with Crippen LogP contribution in [0.3, 0.4) is 0 Å². The van der Waals surface area contributed by atoms with Crippen LogP contribution in [-0.4, -0.2) is 36.3 Å². The number of hydrogen-bond donors (Lipinski definition) is 3. The molecule has 2 aromatic rings. The van der Waals surface area contributed by atoms with E-state index in [-0.39, 0.29) is 18.9 Å². The molecule has 2 unspecified atom stereocenters. The molecule has 0 aliphatic carbocycles. The lowest BCUT2D eigenvalue weighted by Gasteiger charge is -2.38. The first-order valence-corrected chi connectivity index (χ1v) is 10.8. The molecule has 1 aliphatic rings. The second-order valence-corrected chi connectivity index (χ2v) is 9.05. The second kappa shape index (κ2) is 9.57. The van der Waals surface area contributed by atoms with E-state index in [1.54, 1.807) is 0 Å². The molecule has 0 saturated heterocycles. The Hall–Kier alpha value is -1.78. The highest BCUT2D eigenvalue weighted by Gasteiger charge is 2.34. The number of aliphatic hydroxyl groups is 1. The van der Waals surface area contributed by atoms with E-state index in [9.17, 15) is 18.7 Å². The zero-order valence-electron chi connectivity index (χ0n) is 16.8. The van der Waals surface area contributed by atoms with Crippen LogP contribution in [-0.2, 0) is 16.8 Å². The van der Waals surface area contributed by atoms with E-state index >= 15 is 0 Å². The fraction of sp³-hybridized carbons (Fsp3) is 0.409. The van der Waals surface area contributed by atoms with Crippen LogP contribution in [0.1, 0.15) is 31.4 Å². The Morgan fingerprint density at radius 2 is 1.97 bits per heavy atom. The maximum Gasteiger partial charge on any atom is 0.217 e. The summed E-state index contributed by atoms with van der Waals surface area (Å²) in [5, 5.41) is 16.9. The van der Waals surface area contributed by atoms with Gasteiger partial charge in [0.2, 0.25) is 5.91 Å². The van der Waals surface area contributed by atoms with Crippen molar-refractivity contribution in [1.29, 1.82) is 0 Å². The maximum atomic E-state index is 13.5. The molecule has 3 rings (SSSR count). The Morgan fingerprint density at radius 3 is 2.63 bits per heavy atom. The summed E-state index contributed by atoms with van der Waals surface area (Å²) in [5.41, 5.74) is 0.959. The van der Waals surface area contributed by atoms with Crippen LogP contribution in [0.5, 0.6) is 5.75 Å². The Kier molecular flexibility index (Phi) is 7.30. The lowest BCUT2D eigenvalue weighted by molar-refractivity contribution is -0.120. The van der Waals surface area contributed by atoms with Crippen molar-refractivity contribution in [3.63, 3.8) is 0 Å². The van der Waals surface area contributed by atoms with E-state index in [1.165, 1.54) is 19.1 Å². The lowest BCUT2D eigenvalue weighted by Crippen LogP contribution is -2.52. The van der Waals surface area contributed by atoms with Crippen molar-refractivity contribution in [2.75, 3.05) is 13.2 Å². The molecule has 0 radical (unpaired) electrons. The number of carbonyl (C=O) groups is 1. The van der Waals surface area contributed by atoms with Crippen molar-refractivity contribution >= 4 is 28.5 Å². The number of amides is 1. The number of rotatable bonds is 7. The van der Waals surface area contributed by atoms with Crippen LogP contribution in [0, 0.1) is 15.2 Å². The molecular formula is C22H25F2IN2O3. The minimum absolute atomic E-state index is 0.103. The molecular weight excluding hydrogens is 505 g/mol. The van der Waals surface area contributed by atoms with Gasteiger partial charge in [-0.1, -0.05) is 0 Å². The van der Waals surface area contributed by atoms with Gasteiger partial charge in [-0.25, -0.2) is 8.78 Å². The molecule has 0 fully saturated rings. The minimum Gasteiger partial charge on any atom is -0.493 e. The molecule has 162 valence electrons. The Balaban J connectivity index is 1.74. The van der Waals surface area contributed by atoms with Crippen LogP contribution >= 0.6 is 22.6 Å². The molecule has 0 aromatic heterocycles. The number of aliphatic hydroxyl groups excluding tert-OH is 1. The maximum absolute atomic E-state index is 13.5. The fourth-order valence-corrected chi connectivity index (χ4v) is 4.23. The number of benzene rings is 2. The topological polar surface area (TPSA) is 70.6 Å². The first kappa shape index (κ1) is 22.9. The van der Waals surface area contributed by atoms with Gasteiger partial charge in [0.15, 0.2) is 0 Å². The normalized spacial score (nSPS) is 20.1. The minimum atomic E-state index is -0.967. The smallest absolute Gasteiger partial charge is 0.217 e. The van der Waals surface area contributed by atoms with Crippen LogP contribution in [0.25, 0.3) is 0 Å². The molecule has 0 bridgehead atoms. The highest BCUT2D eigenvalue weighted by molar-refractivity contribution is 14.1. The second-order valence-electron chi connectivity index (χ2n) is 7.81. The zero-order valence-corrected chi connectivity index (χ0v) is 19.0. The van der Waals surface area contributed by atoms with Crippen molar-refractivity contribution in [2.24, 2.45) is 0 Å². The summed E-state index contributed by atoms with van der Waals surface area (Å²) in [6.07, 6.45) is -0.149. The van der Waals surface area contributed by atoms with Gasteiger partial charge in [-0.05, 0) is 71.8 Å². The molecule has 30 heavy (non-hydrogen) atoms. The number of nitrogens with one attached hydrogen (secondary N) is 2. The average molecular weight is 530 g/mol. The number of halogens is 3. The molecule has 0 saturated carbocycles. The largest absolute Gasteiger partial charge is 0.493 e. The van der Waals surface area contributed by atoms with Gasteiger partial charge in [0.1, 0.15) is 17.4 Å². The standard InChI is InChI=1S/C22H25F2IN2O3/c1-13(28)27-19(9-14-7-15(23)10-16(24)8-14)20(29)12-26-22(2)5-6-30-21-4-3-17(25)11-18(21)22/h3-4,7-8,10-11,19-20,26,29H,5-6,9,12H2,1-2H3,(H,27,28)/t19?,20-,22?/m1/s1. The molecule has 1 heterocycles. The van der Waals surface area contributed by atoms with Crippen molar-refractivity contribution in [3.8, 4) is 5.75 Å². The van der Waals surface area contributed by atoms with Crippen molar-refractivity contribution < 1.29 is 23.4 Å². The lowest BCUT2D eigenvalue weighted by atomic mass is 9.86. The number of fused-ring (bicyclic) bond motifs is 1. The quantitative estimate of drug-likeness (QED) is 0.481. The van der Waals surface area contributed by atoms with E-state index in [4.69, 9.17) is 4.74 Å². The predicted molar refractivity (Wildman–Crippen MR) is 118 cm³/mol. The van der Waals surface area contributed by atoms with Crippen molar-refractivity contribution in [1.82, 2.24) is 10.6 Å².